The van der Waals surface area contributed by atoms with Crippen molar-refractivity contribution >= 4 is 25.0 Å². The molecule has 1 atom stereocenters. The van der Waals surface area contributed by atoms with E-state index in [1.165, 1.54) is 10.4 Å². The molecule has 2 aromatic carbocycles. The molecule has 150 valence electrons. The van der Waals surface area contributed by atoms with Crippen LogP contribution in [0.3, 0.4) is 0 Å². The summed E-state index contributed by atoms with van der Waals surface area (Å²) in [7, 11) is -2.54. The van der Waals surface area contributed by atoms with E-state index in [1.54, 1.807) is 0 Å². The molecule has 0 fully saturated rings. The number of aldehydes is 1. The molecule has 2 rings (SSSR count). The lowest BCUT2D eigenvalue weighted by Gasteiger charge is -2.44. The van der Waals surface area contributed by atoms with Crippen molar-refractivity contribution in [1.82, 2.24) is 0 Å². The maximum Gasteiger partial charge on any atom is 0.261 e. The molecule has 0 saturated carbocycles. The molecule has 0 saturated heterocycles. The van der Waals surface area contributed by atoms with Crippen molar-refractivity contribution < 1.29 is 9.22 Å². The van der Waals surface area contributed by atoms with E-state index in [2.05, 4.69) is 101 Å². The van der Waals surface area contributed by atoms with Gasteiger partial charge in [-0.25, -0.2) is 0 Å². The van der Waals surface area contributed by atoms with Crippen LogP contribution in [0, 0.1) is 0 Å². The molecule has 0 spiro atoms. The summed E-state index contributed by atoms with van der Waals surface area (Å²) in [6.07, 6.45) is 8.66. The first-order chi connectivity index (χ1) is 13.5. The summed E-state index contributed by atoms with van der Waals surface area (Å²) in [6.45, 7) is 9.11. The van der Waals surface area contributed by atoms with Gasteiger partial charge in [0, 0.05) is 6.42 Å². The molecule has 0 radical (unpaired) electrons. The van der Waals surface area contributed by atoms with E-state index in [4.69, 9.17) is 4.43 Å². The normalized spacial score (nSPS) is 13.6. The smallest absolute Gasteiger partial charge is 0.261 e. The molecule has 3 heteroatoms. The van der Waals surface area contributed by atoms with Gasteiger partial charge < -0.3 is 9.22 Å². The molecule has 0 aliphatic heterocycles. The van der Waals surface area contributed by atoms with E-state index in [0.717, 1.165) is 25.5 Å². The zero-order valence-corrected chi connectivity index (χ0v) is 18.7. The minimum absolute atomic E-state index is 0.0294. The molecular formula is C25H34O2Si. The molecule has 0 bridgehead atoms. The summed E-state index contributed by atoms with van der Waals surface area (Å²) < 4.78 is 7.16. The summed E-state index contributed by atoms with van der Waals surface area (Å²) in [5.41, 5.74) is 0. The molecule has 0 aliphatic rings. The van der Waals surface area contributed by atoms with Gasteiger partial charge in [-0.15, -0.1) is 0 Å². The summed E-state index contributed by atoms with van der Waals surface area (Å²) >= 11 is 0. The molecular weight excluding hydrogens is 360 g/mol. The van der Waals surface area contributed by atoms with Gasteiger partial charge in [0.05, 0.1) is 6.10 Å². The van der Waals surface area contributed by atoms with Crippen molar-refractivity contribution in [3.8, 4) is 0 Å². The Balaban J connectivity index is 2.56. The average Bonchev–Trinajstić information content (AvgIpc) is 2.69. The number of rotatable bonds is 10. The molecule has 0 aliphatic carbocycles. The number of benzene rings is 2. The van der Waals surface area contributed by atoms with Crippen LogP contribution in [0.15, 0.2) is 72.8 Å². The van der Waals surface area contributed by atoms with Crippen LogP contribution in [-0.4, -0.2) is 20.7 Å². The first kappa shape index (κ1) is 22.3. The fourth-order valence-electron chi connectivity index (χ4n) is 3.81. The molecule has 28 heavy (non-hydrogen) atoms. The van der Waals surface area contributed by atoms with Crippen LogP contribution >= 0.6 is 0 Å². The van der Waals surface area contributed by atoms with Gasteiger partial charge >= 0.3 is 0 Å². The second-order valence-corrected chi connectivity index (χ2v) is 12.5. The third kappa shape index (κ3) is 5.30. The fourth-order valence-corrected chi connectivity index (χ4v) is 8.47. The molecule has 2 nitrogen and oxygen atoms in total. The highest BCUT2D eigenvalue weighted by Crippen LogP contribution is 2.38. The van der Waals surface area contributed by atoms with E-state index in [0.29, 0.717) is 6.42 Å². The summed E-state index contributed by atoms with van der Waals surface area (Å²) in [6, 6.07) is 21.5. The van der Waals surface area contributed by atoms with Crippen molar-refractivity contribution in [3.63, 3.8) is 0 Å². The zero-order chi connectivity index (χ0) is 20.5. The van der Waals surface area contributed by atoms with E-state index in [9.17, 15) is 4.79 Å². The van der Waals surface area contributed by atoms with Gasteiger partial charge in [0.25, 0.3) is 8.32 Å². The quantitative estimate of drug-likeness (QED) is 0.238. The highest BCUT2D eigenvalue weighted by molar-refractivity contribution is 6.99. The highest BCUT2D eigenvalue weighted by atomic mass is 28.4. The first-order valence-corrected chi connectivity index (χ1v) is 12.3. The predicted molar refractivity (Wildman–Crippen MR) is 122 cm³/mol. The third-order valence-electron chi connectivity index (χ3n) is 5.12. The molecule has 0 aromatic heterocycles. The van der Waals surface area contributed by atoms with Crippen LogP contribution < -0.4 is 10.4 Å². The lowest BCUT2D eigenvalue weighted by molar-refractivity contribution is -0.107. The van der Waals surface area contributed by atoms with Crippen molar-refractivity contribution in [2.75, 3.05) is 0 Å². The Morgan fingerprint density at radius 1 is 0.929 bits per heavy atom. The van der Waals surface area contributed by atoms with Gasteiger partial charge in [0.15, 0.2) is 0 Å². The van der Waals surface area contributed by atoms with Crippen molar-refractivity contribution in [2.24, 2.45) is 0 Å². The van der Waals surface area contributed by atoms with E-state index >= 15 is 0 Å². The Morgan fingerprint density at radius 2 is 1.46 bits per heavy atom. The second kappa shape index (κ2) is 10.5. The number of carbonyl (C=O) groups excluding carboxylic acids is 1. The maximum atomic E-state index is 10.6. The lowest BCUT2D eigenvalue weighted by Crippen LogP contribution is -2.67. The Kier molecular flexibility index (Phi) is 8.40. The van der Waals surface area contributed by atoms with E-state index in [-0.39, 0.29) is 11.1 Å². The molecule has 0 unspecified atom stereocenters. The van der Waals surface area contributed by atoms with Gasteiger partial charge in [0.1, 0.15) is 6.29 Å². The van der Waals surface area contributed by atoms with E-state index in [1.807, 2.05) is 0 Å². The van der Waals surface area contributed by atoms with Crippen molar-refractivity contribution in [2.45, 2.75) is 64.5 Å². The number of unbranched alkanes of at least 4 members (excludes halogenated alkanes) is 1. The topological polar surface area (TPSA) is 26.3 Å². The van der Waals surface area contributed by atoms with Gasteiger partial charge in [-0.2, -0.15) is 0 Å². The van der Waals surface area contributed by atoms with Crippen LogP contribution in [-0.2, 0) is 9.22 Å². The van der Waals surface area contributed by atoms with Crippen molar-refractivity contribution in [1.29, 1.82) is 0 Å². The second-order valence-electron chi connectivity index (χ2n) is 8.28. The Bertz CT molecular complexity index is 693. The molecule has 0 heterocycles. The first-order valence-electron chi connectivity index (χ1n) is 10.3. The average molecular weight is 395 g/mol. The SMILES string of the molecule is CCC[C@H](/C=C\CCC=O)O[Si](c1ccccc1)(c1ccccc1)C(C)(C)C. The lowest BCUT2D eigenvalue weighted by atomic mass is 10.2. The highest BCUT2D eigenvalue weighted by Gasteiger charge is 2.51. The summed E-state index contributed by atoms with van der Waals surface area (Å²) in [4.78, 5) is 10.6. The number of hydrogen-bond donors (Lipinski definition) is 0. The predicted octanol–water partition coefficient (Wildman–Crippen LogP) is 5.27. The van der Waals surface area contributed by atoms with Crippen LogP contribution in [0.1, 0.15) is 53.4 Å². The maximum absolute atomic E-state index is 10.6. The van der Waals surface area contributed by atoms with Crippen LogP contribution in [0.4, 0.5) is 0 Å². The fraction of sp³-hybridized carbons (Fsp3) is 0.400. The Hall–Kier alpha value is -1.97. The van der Waals surface area contributed by atoms with Gasteiger partial charge in [-0.1, -0.05) is 107 Å². The van der Waals surface area contributed by atoms with Crippen LogP contribution in [0.25, 0.3) is 0 Å². The van der Waals surface area contributed by atoms with Crippen molar-refractivity contribution in [3.05, 3.63) is 72.8 Å². The van der Waals surface area contributed by atoms with Crippen LogP contribution in [0.2, 0.25) is 5.04 Å². The minimum atomic E-state index is -2.54. The number of carbonyl (C=O) groups is 1. The van der Waals surface area contributed by atoms with E-state index < -0.39 is 8.32 Å². The van der Waals surface area contributed by atoms with Gasteiger partial charge in [-0.05, 0) is 28.3 Å². The van der Waals surface area contributed by atoms with Crippen LogP contribution in [0.5, 0.6) is 0 Å². The Morgan fingerprint density at radius 3 is 1.89 bits per heavy atom. The number of allylic oxidation sites excluding steroid dienone is 1. The summed E-state index contributed by atoms with van der Waals surface area (Å²) in [5, 5.41) is 2.57. The molecule has 2 aromatic rings. The van der Waals surface area contributed by atoms with Gasteiger partial charge in [-0.3, -0.25) is 0 Å². The molecule has 0 amide bonds. The van der Waals surface area contributed by atoms with Gasteiger partial charge in [0.2, 0.25) is 0 Å². The Labute approximate surface area is 171 Å². The largest absolute Gasteiger partial charge is 0.401 e. The minimum Gasteiger partial charge on any atom is -0.401 e. The summed E-state index contributed by atoms with van der Waals surface area (Å²) in [5.74, 6) is 0. The monoisotopic (exact) mass is 394 g/mol. The molecule has 0 N–H and O–H groups in total. The number of hydrogen-bond acceptors (Lipinski definition) is 2. The standard InChI is InChI=1S/C25H34O2Si/c1-5-15-22(16-9-8-14-21-26)27-28(25(2,3)4,23-17-10-6-11-18-23)24-19-12-7-13-20-24/h6-7,9-13,16-22H,5,8,14-15H2,1-4H3/b16-9-/t22-/m1/s1. The third-order valence-corrected chi connectivity index (χ3v) is 10.2. The zero-order valence-electron chi connectivity index (χ0n) is 17.7.